The van der Waals surface area contributed by atoms with Crippen molar-refractivity contribution < 1.29 is 24.1 Å². The van der Waals surface area contributed by atoms with Gasteiger partial charge < -0.3 is 20.7 Å². The van der Waals surface area contributed by atoms with Crippen molar-refractivity contribution in [2.45, 2.75) is 18.9 Å². The monoisotopic (exact) mass is 243 g/mol. The van der Waals surface area contributed by atoms with Gasteiger partial charge in [0.05, 0.1) is 7.11 Å². The molecular weight excluding hydrogens is 229 g/mol. The summed E-state index contributed by atoms with van der Waals surface area (Å²) >= 11 is 0. The van der Waals surface area contributed by atoms with Crippen LogP contribution in [-0.2, 0) is 4.79 Å². The predicted molar refractivity (Wildman–Crippen MR) is 58.4 cm³/mol. The molecule has 0 aromatic heterocycles. The lowest BCUT2D eigenvalue weighted by Gasteiger charge is -2.14. The molecule has 1 atom stereocenters. The van der Waals surface area contributed by atoms with E-state index in [1.807, 2.05) is 0 Å². The molecule has 1 aromatic rings. The van der Waals surface area contributed by atoms with Gasteiger partial charge in [0.1, 0.15) is 17.3 Å². The molecule has 0 bridgehead atoms. The van der Waals surface area contributed by atoms with E-state index in [2.05, 4.69) is 0 Å². The first kappa shape index (κ1) is 13.2. The molecule has 0 spiro atoms. The Labute approximate surface area is 97.6 Å². The van der Waals surface area contributed by atoms with Crippen LogP contribution in [0.1, 0.15) is 24.4 Å². The molecule has 5 nitrogen and oxygen atoms in total. The Kier molecular flexibility index (Phi) is 4.28. The molecule has 0 aliphatic heterocycles. The number of aromatic hydroxyl groups is 1. The highest BCUT2D eigenvalue weighted by Gasteiger charge is 2.18. The highest BCUT2D eigenvalue weighted by Crippen LogP contribution is 2.32. The number of carboxylic acids is 1. The standard InChI is InChI=1S/C11H14FNO4/c1-17-6-4-7(12)11(9(14)5-6)8(13)2-3-10(15)16/h4-5,8,14H,2-3,13H2,1H3,(H,15,16). The van der Waals surface area contributed by atoms with Gasteiger partial charge >= 0.3 is 5.97 Å². The van der Waals surface area contributed by atoms with E-state index in [4.69, 9.17) is 15.6 Å². The van der Waals surface area contributed by atoms with Gasteiger partial charge in [0.25, 0.3) is 0 Å². The third kappa shape index (κ3) is 3.32. The Bertz CT molecular complexity index is 399. The van der Waals surface area contributed by atoms with E-state index in [0.29, 0.717) is 0 Å². The van der Waals surface area contributed by atoms with E-state index in [9.17, 15) is 14.3 Å². The average molecular weight is 243 g/mol. The minimum absolute atomic E-state index is 0.0478. The predicted octanol–water partition coefficient (Wildman–Crippen LogP) is 1.40. The minimum Gasteiger partial charge on any atom is -0.507 e. The third-order valence-electron chi connectivity index (χ3n) is 2.36. The van der Waals surface area contributed by atoms with Crippen LogP contribution in [0, 0.1) is 5.82 Å². The van der Waals surface area contributed by atoms with Crippen molar-refractivity contribution in [1.82, 2.24) is 0 Å². The van der Waals surface area contributed by atoms with E-state index < -0.39 is 17.8 Å². The molecule has 4 N–H and O–H groups in total. The summed E-state index contributed by atoms with van der Waals surface area (Å²) in [6.07, 6.45) is -0.141. The number of carbonyl (C=O) groups is 1. The third-order valence-corrected chi connectivity index (χ3v) is 2.36. The molecule has 0 aliphatic carbocycles. The average Bonchev–Trinajstić information content (AvgIpc) is 2.25. The summed E-state index contributed by atoms with van der Waals surface area (Å²) in [5.74, 6) is -1.89. The normalized spacial score (nSPS) is 12.2. The number of phenolic OH excluding ortho intramolecular Hbond substituents is 1. The maximum absolute atomic E-state index is 13.6. The number of aliphatic carboxylic acids is 1. The molecule has 0 fully saturated rings. The fourth-order valence-electron chi connectivity index (χ4n) is 1.49. The summed E-state index contributed by atoms with van der Waals surface area (Å²) in [6, 6.07) is 1.46. The topological polar surface area (TPSA) is 92.8 Å². The molecule has 94 valence electrons. The zero-order valence-electron chi connectivity index (χ0n) is 9.31. The van der Waals surface area contributed by atoms with Crippen molar-refractivity contribution in [2.24, 2.45) is 5.73 Å². The van der Waals surface area contributed by atoms with Crippen LogP contribution in [0.15, 0.2) is 12.1 Å². The van der Waals surface area contributed by atoms with Crippen LogP contribution in [0.4, 0.5) is 4.39 Å². The summed E-state index contributed by atoms with van der Waals surface area (Å²) in [4.78, 5) is 10.4. The summed E-state index contributed by atoms with van der Waals surface area (Å²) in [5, 5.41) is 18.1. The van der Waals surface area contributed by atoms with Gasteiger partial charge in [0.2, 0.25) is 0 Å². The van der Waals surface area contributed by atoms with Crippen molar-refractivity contribution in [2.75, 3.05) is 7.11 Å². The number of ether oxygens (including phenoxy) is 1. The van der Waals surface area contributed by atoms with Crippen molar-refractivity contribution >= 4 is 5.97 Å². The molecule has 0 amide bonds. The molecular formula is C11H14FNO4. The minimum atomic E-state index is -1.02. The van der Waals surface area contributed by atoms with Gasteiger partial charge in [-0.1, -0.05) is 0 Å². The van der Waals surface area contributed by atoms with Gasteiger partial charge in [-0.15, -0.1) is 0 Å². The summed E-state index contributed by atoms with van der Waals surface area (Å²) < 4.78 is 18.4. The van der Waals surface area contributed by atoms with Crippen LogP contribution in [-0.4, -0.2) is 23.3 Å². The summed E-state index contributed by atoms with van der Waals surface area (Å²) in [6.45, 7) is 0. The fraction of sp³-hybridized carbons (Fsp3) is 0.364. The first-order valence-electron chi connectivity index (χ1n) is 4.99. The van der Waals surface area contributed by atoms with Gasteiger partial charge in [-0.25, -0.2) is 4.39 Å². The highest BCUT2D eigenvalue weighted by atomic mass is 19.1. The Morgan fingerprint density at radius 3 is 2.71 bits per heavy atom. The number of halogens is 1. The SMILES string of the molecule is COc1cc(O)c(C(N)CCC(=O)O)c(F)c1. The molecule has 0 saturated carbocycles. The van der Waals surface area contributed by atoms with Crippen molar-refractivity contribution in [3.63, 3.8) is 0 Å². The van der Waals surface area contributed by atoms with Crippen LogP contribution < -0.4 is 10.5 Å². The van der Waals surface area contributed by atoms with E-state index in [1.165, 1.54) is 13.2 Å². The van der Waals surface area contributed by atoms with Gasteiger partial charge in [-0.3, -0.25) is 4.79 Å². The van der Waals surface area contributed by atoms with E-state index in [-0.39, 0.29) is 29.9 Å². The number of nitrogens with two attached hydrogens (primary N) is 1. The first-order chi connectivity index (χ1) is 7.95. The van der Waals surface area contributed by atoms with Gasteiger partial charge in [-0.2, -0.15) is 0 Å². The van der Waals surface area contributed by atoms with Crippen molar-refractivity contribution in [1.29, 1.82) is 0 Å². The molecule has 1 aromatic carbocycles. The number of methoxy groups -OCH3 is 1. The number of carboxylic acid groups (broad SMARTS) is 1. The number of hydrogen-bond donors (Lipinski definition) is 3. The Balaban J connectivity index is 2.93. The van der Waals surface area contributed by atoms with Crippen LogP contribution in [0.3, 0.4) is 0 Å². The fourth-order valence-corrected chi connectivity index (χ4v) is 1.49. The van der Waals surface area contributed by atoms with Crippen LogP contribution in [0.5, 0.6) is 11.5 Å². The molecule has 0 radical (unpaired) electrons. The van der Waals surface area contributed by atoms with E-state index in [0.717, 1.165) is 6.07 Å². The zero-order chi connectivity index (χ0) is 13.0. The van der Waals surface area contributed by atoms with Gasteiger partial charge in [-0.05, 0) is 6.42 Å². The van der Waals surface area contributed by atoms with Crippen LogP contribution in [0.2, 0.25) is 0 Å². The first-order valence-corrected chi connectivity index (χ1v) is 4.99. The summed E-state index contributed by atoms with van der Waals surface area (Å²) in [7, 11) is 1.35. The Morgan fingerprint density at radius 1 is 1.59 bits per heavy atom. The molecule has 0 saturated heterocycles. The zero-order valence-corrected chi connectivity index (χ0v) is 9.31. The molecule has 1 unspecified atom stereocenters. The number of hydrogen-bond acceptors (Lipinski definition) is 4. The Morgan fingerprint density at radius 2 is 2.24 bits per heavy atom. The number of phenols is 1. The maximum atomic E-state index is 13.6. The van der Waals surface area contributed by atoms with Crippen molar-refractivity contribution in [3.05, 3.63) is 23.5 Å². The van der Waals surface area contributed by atoms with Crippen molar-refractivity contribution in [3.8, 4) is 11.5 Å². The molecule has 17 heavy (non-hydrogen) atoms. The summed E-state index contributed by atoms with van der Waals surface area (Å²) in [5.41, 5.74) is 5.54. The lowest BCUT2D eigenvalue weighted by molar-refractivity contribution is -0.137. The van der Waals surface area contributed by atoms with E-state index >= 15 is 0 Å². The quantitative estimate of drug-likeness (QED) is 0.727. The molecule has 6 heteroatoms. The lowest BCUT2D eigenvalue weighted by atomic mass is 10.0. The lowest BCUT2D eigenvalue weighted by Crippen LogP contribution is -2.14. The van der Waals surface area contributed by atoms with Crippen LogP contribution >= 0.6 is 0 Å². The van der Waals surface area contributed by atoms with Gasteiger partial charge in [0.15, 0.2) is 0 Å². The second-order valence-corrected chi connectivity index (χ2v) is 3.58. The maximum Gasteiger partial charge on any atom is 0.303 e. The van der Waals surface area contributed by atoms with E-state index in [1.54, 1.807) is 0 Å². The smallest absolute Gasteiger partial charge is 0.303 e. The van der Waals surface area contributed by atoms with Crippen LogP contribution in [0.25, 0.3) is 0 Å². The second kappa shape index (κ2) is 5.49. The Hall–Kier alpha value is -1.82. The second-order valence-electron chi connectivity index (χ2n) is 3.58. The van der Waals surface area contributed by atoms with Gasteiger partial charge in [0, 0.05) is 30.2 Å². The largest absolute Gasteiger partial charge is 0.507 e. The molecule has 1 rings (SSSR count). The highest BCUT2D eigenvalue weighted by molar-refractivity contribution is 5.66. The number of rotatable bonds is 5. The number of benzene rings is 1. The molecule has 0 aliphatic rings. The molecule has 0 heterocycles.